The Balaban J connectivity index is 1.68. The van der Waals surface area contributed by atoms with Gasteiger partial charge in [0.1, 0.15) is 5.78 Å². The third kappa shape index (κ3) is 4.14. The average molecular weight is 403 g/mol. The number of H-pyrrole nitrogens is 1. The van der Waals surface area contributed by atoms with Crippen LogP contribution in [-0.2, 0) is 19.1 Å². The summed E-state index contributed by atoms with van der Waals surface area (Å²) in [5.41, 5.74) is 1.63. The number of rotatable bonds is 6. The van der Waals surface area contributed by atoms with Crippen LogP contribution in [0.2, 0.25) is 0 Å². The summed E-state index contributed by atoms with van der Waals surface area (Å²) in [6.45, 7) is 6.87. The molecule has 158 valence electrons. The molecule has 0 spiro atoms. The second kappa shape index (κ2) is 8.51. The Morgan fingerprint density at radius 3 is 2.34 bits per heavy atom. The molecule has 3 atom stereocenters. The van der Waals surface area contributed by atoms with Crippen molar-refractivity contribution in [3.05, 3.63) is 22.5 Å². The van der Waals surface area contributed by atoms with E-state index in [4.69, 9.17) is 9.47 Å². The molecule has 0 amide bonds. The van der Waals surface area contributed by atoms with Crippen LogP contribution in [0, 0.1) is 31.6 Å². The summed E-state index contributed by atoms with van der Waals surface area (Å²) in [4.78, 5) is 52.8. The van der Waals surface area contributed by atoms with Crippen molar-refractivity contribution in [3.8, 4) is 0 Å². The van der Waals surface area contributed by atoms with E-state index in [9.17, 15) is 19.2 Å². The number of ketones is 2. The molecule has 1 heterocycles. The van der Waals surface area contributed by atoms with Gasteiger partial charge in [-0.3, -0.25) is 14.4 Å². The summed E-state index contributed by atoms with van der Waals surface area (Å²) in [7, 11) is 0. The molecule has 2 aliphatic rings. The fraction of sp³-hybridized carbons (Fsp3) is 0.636. The summed E-state index contributed by atoms with van der Waals surface area (Å²) in [5, 5.41) is 0. The molecule has 1 aromatic rings. The van der Waals surface area contributed by atoms with Crippen molar-refractivity contribution in [1.29, 1.82) is 0 Å². The first kappa shape index (κ1) is 21.3. The van der Waals surface area contributed by atoms with Crippen molar-refractivity contribution in [2.45, 2.75) is 65.9 Å². The maximum atomic E-state index is 12.9. The molecule has 0 radical (unpaired) electrons. The Kier molecular flexibility index (Phi) is 6.24. The van der Waals surface area contributed by atoms with E-state index in [1.165, 1.54) is 6.92 Å². The lowest BCUT2D eigenvalue weighted by Crippen LogP contribution is -2.40. The van der Waals surface area contributed by atoms with Gasteiger partial charge in [0.05, 0.1) is 23.8 Å². The predicted molar refractivity (Wildman–Crippen MR) is 105 cm³/mol. The molecule has 29 heavy (non-hydrogen) atoms. The number of hydrogen-bond acceptors (Lipinski definition) is 6. The molecule has 3 rings (SSSR count). The van der Waals surface area contributed by atoms with Crippen molar-refractivity contribution < 1.29 is 28.7 Å². The molecule has 2 saturated carbocycles. The number of fused-ring (bicyclic) bond motifs is 2. The summed E-state index contributed by atoms with van der Waals surface area (Å²) < 4.78 is 10.5. The molecular formula is C22H29NO6. The largest absolute Gasteiger partial charge is 0.462 e. The zero-order chi connectivity index (χ0) is 21.3. The number of carbonyl (C=O) groups excluding carboxylic acids is 4. The van der Waals surface area contributed by atoms with Crippen LogP contribution < -0.4 is 0 Å². The van der Waals surface area contributed by atoms with Crippen LogP contribution in [0.4, 0.5) is 0 Å². The Hall–Kier alpha value is -2.44. The van der Waals surface area contributed by atoms with E-state index in [-0.39, 0.29) is 41.6 Å². The summed E-state index contributed by atoms with van der Waals surface area (Å²) in [6, 6.07) is 0. The fourth-order valence-electron chi connectivity index (χ4n) is 4.71. The van der Waals surface area contributed by atoms with Gasteiger partial charge in [-0.1, -0.05) is 6.42 Å². The highest BCUT2D eigenvalue weighted by atomic mass is 16.5. The van der Waals surface area contributed by atoms with Gasteiger partial charge in [0.15, 0.2) is 6.10 Å². The maximum absolute atomic E-state index is 12.9. The lowest BCUT2D eigenvalue weighted by atomic mass is 9.67. The quantitative estimate of drug-likeness (QED) is 0.577. The smallest absolute Gasteiger partial charge is 0.340 e. The van der Waals surface area contributed by atoms with E-state index in [2.05, 4.69) is 4.98 Å². The normalized spacial score (nSPS) is 24.7. The molecule has 2 aliphatic carbocycles. The monoisotopic (exact) mass is 403 g/mol. The maximum Gasteiger partial charge on any atom is 0.340 e. The van der Waals surface area contributed by atoms with Gasteiger partial charge in [0, 0.05) is 17.5 Å². The van der Waals surface area contributed by atoms with Crippen LogP contribution in [-0.4, -0.2) is 41.2 Å². The van der Waals surface area contributed by atoms with Gasteiger partial charge < -0.3 is 14.5 Å². The average Bonchev–Trinajstić information content (AvgIpc) is 2.95. The van der Waals surface area contributed by atoms with E-state index in [1.807, 2.05) is 0 Å². The first-order valence-electron chi connectivity index (χ1n) is 10.4. The molecule has 0 aromatic carbocycles. The van der Waals surface area contributed by atoms with Gasteiger partial charge >= 0.3 is 11.9 Å². The van der Waals surface area contributed by atoms with Crippen LogP contribution in [0.1, 0.15) is 78.1 Å². The lowest BCUT2D eigenvalue weighted by Gasteiger charge is -2.36. The summed E-state index contributed by atoms with van der Waals surface area (Å²) >= 11 is 0. The fourth-order valence-corrected chi connectivity index (χ4v) is 4.71. The van der Waals surface area contributed by atoms with E-state index in [0.29, 0.717) is 29.7 Å². The van der Waals surface area contributed by atoms with E-state index >= 15 is 0 Å². The topological polar surface area (TPSA) is 103 Å². The number of Topliss-reactive ketones (excluding diaryl/α,β-unsaturated/α-hetero) is 2. The van der Waals surface area contributed by atoms with Crippen LogP contribution in [0.15, 0.2) is 0 Å². The highest BCUT2D eigenvalue weighted by molar-refractivity contribution is 6.04. The van der Waals surface area contributed by atoms with Gasteiger partial charge in [0.2, 0.25) is 5.78 Å². The minimum absolute atomic E-state index is 0.0495. The number of hydrogen-bond donors (Lipinski definition) is 1. The molecule has 0 aliphatic heterocycles. The number of aryl methyl sites for hydroxylation is 1. The molecule has 3 unspecified atom stereocenters. The zero-order valence-corrected chi connectivity index (χ0v) is 17.5. The van der Waals surface area contributed by atoms with Crippen molar-refractivity contribution in [2.75, 3.05) is 6.61 Å². The van der Waals surface area contributed by atoms with Crippen LogP contribution in [0.25, 0.3) is 0 Å². The summed E-state index contributed by atoms with van der Waals surface area (Å²) in [6.07, 6.45) is 2.76. The Morgan fingerprint density at radius 2 is 1.76 bits per heavy atom. The Morgan fingerprint density at radius 1 is 1.14 bits per heavy atom. The molecule has 2 fully saturated rings. The van der Waals surface area contributed by atoms with Crippen molar-refractivity contribution in [2.24, 2.45) is 17.8 Å². The number of aromatic nitrogens is 1. The number of nitrogens with one attached hydrogen (secondary N) is 1. The Bertz CT molecular complexity index is 823. The number of ether oxygens (including phenoxy) is 2. The second-order valence-electron chi connectivity index (χ2n) is 8.18. The molecular weight excluding hydrogens is 374 g/mol. The van der Waals surface area contributed by atoms with Gasteiger partial charge in [-0.15, -0.1) is 0 Å². The highest BCUT2D eigenvalue weighted by Gasteiger charge is 2.42. The van der Waals surface area contributed by atoms with Crippen molar-refractivity contribution in [3.63, 3.8) is 0 Å². The second-order valence-corrected chi connectivity index (χ2v) is 8.18. The van der Waals surface area contributed by atoms with Gasteiger partial charge in [-0.05, 0) is 58.9 Å². The Labute approximate surface area is 170 Å². The number of carbonyl (C=O) groups is 4. The van der Waals surface area contributed by atoms with Crippen LogP contribution >= 0.6 is 0 Å². The first-order valence-corrected chi connectivity index (χ1v) is 10.4. The van der Waals surface area contributed by atoms with Gasteiger partial charge in [0.25, 0.3) is 0 Å². The van der Waals surface area contributed by atoms with Crippen LogP contribution in [0.5, 0.6) is 0 Å². The van der Waals surface area contributed by atoms with Gasteiger partial charge in [-0.25, -0.2) is 4.79 Å². The molecule has 1 N–H and O–H groups in total. The van der Waals surface area contributed by atoms with Crippen molar-refractivity contribution in [1.82, 2.24) is 4.98 Å². The number of aromatic amines is 1. The molecule has 7 nitrogen and oxygen atoms in total. The molecule has 7 heteroatoms. The van der Waals surface area contributed by atoms with E-state index in [0.717, 1.165) is 19.3 Å². The highest BCUT2D eigenvalue weighted by Crippen LogP contribution is 2.40. The zero-order valence-electron chi connectivity index (χ0n) is 17.5. The minimum atomic E-state index is -0.980. The van der Waals surface area contributed by atoms with Crippen molar-refractivity contribution >= 4 is 23.5 Å². The standard InChI is InChI=1S/C22H29NO6/c1-5-28-22(27)17-11(2)18(23-12(17)3)19(24)13(4)29-21(26)16-9-14-7-6-8-15(10-16)20(14)25/h13-16,23H,5-10H2,1-4H3. The molecule has 0 saturated heterocycles. The van der Waals surface area contributed by atoms with E-state index < -0.39 is 18.0 Å². The van der Waals surface area contributed by atoms with Crippen LogP contribution in [0.3, 0.4) is 0 Å². The third-order valence-corrected chi connectivity index (χ3v) is 6.21. The van der Waals surface area contributed by atoms with Gasteiger partial charge in [-0.2, -0.15) is 0 Å². The molecule has 1 aromatic heterocycles. The molecule has 2 bridgehead atoms. The predicted octanol–water partition coefficient (Wildman–Crippen LogP) is 3.32. The summed E-state index contributed by atoms with van der Waals surface area (Å²) in [5.74, 6) is -1.43. The number of esters is 2. The SMILES string of the molecule is CCOC(=O)c1c(C)[nH]c(C(=O)C(C)OC(=O)C2CC3CCCC(C2)C3=O)c1C. The minimum Gasteiger partial charge on any atom is -0.462 e. The van der Waals surface area contributed by atoms with E-state index in [1.54, 1.807) is 20.8 Å². The lowest BCUT2D eigenvalue weighted by molar-refractivity contribution is -0.155. The third-order valence-electron chi connectivity index (χ3n) is 6.21. The first-order chi connectivity index (χ1) is 13.7.